The number of carbonyl (C=O) groups is 3. The van der Waals surface area contributed by atoms with E-state index >= 15 is 0 Å². The Morgan fingerprint density at radius 3 is 1.75 bits per heavy atom. The standard InChI is InChI=1S/C24H20O8/c1-4-31-24(28)20-18(14-5-9-16(10-6-14)22(26)29-2)13-19(25)32-21(20)15-7-11-17(12-8-15)23(27)30-3/h5-13H,4H2,1-3H3. The second kappa shape index (κ2) is 9.74. The summed E-state index contributed by atoms with van der Waals surface area (Å²) in [4.78, 5) is 48.6. The van der Waals surface area contributed by atoms with Gasteiger partial charge in [-0.1, -0.05) is 24.3 Å². The summed E-state index contributed by atoms with van der Waals surface area (Å²) < 4.78 is 20.0. The molecule has 0 unspecified atom stereocenters. The van der Waals surface area contributed by atoms with Crippen LogP contribution in [0.2, 0.25) is 0 Å². The Morgan fingerprint density at radius 2 is 1.28 bits per heavy atom. The molecule has 8 nitrogen and oxygen atoms in total. The highest BCUT2D eigenvalue weighted by molar-refractivity contribution is 6.03. The average Bonchev–Trinajstić information content (AvgIpc) is 2.82. The van der Waals surface area contributed by atoms with Crippen LogP contribution in [0.4, 0.5) is 0 Å². The molecule has 1 heterocycles. The zero-order valence-corrected chi connectivity index (χ0v) is 17.7. The number of carbonyl (C=O) groups excluding carboxylic acids is 3. The summed E-state index contributed by atoms with van der Waals surface area (Å²) in [5.74, 6) is -1.72. The van der Waals surface area contributed by atoms with Gasteiger partial charge in [-0.15, -0.1) is 0 Å². The largest absolute Gasteiger partial charge is 0.465 e. The highest BCUT2D eigenvalue weighted by Crippen LogP contribution is 2.32. The lowest BCUT2D eigenvalue weighted by atomic mass is 9.96. The highest BCUT2D eigenvalue weighted by Gasteiger charge is 2.24. The first-order valence-electron chi connectivity index (χ1n) is 9.62. The maximum atomic E-state index is 12.9. The van der Waals surface area contributed by atoms with Gasteiger partial charge in [0.1, 0.15) is 5.56 Å². The van der Waals surface area contributed by atoms with Crippen LogP contribution in [0.1, 0.15) is 38.0 Å². The molecule has 164 valence electrons. The summed E-state index contributed by atoms with van der Waals surface area (Å²) >= 11 is 0. The van der Waals surface area contributed by atoms with Gasteiger partial charge in [-0.3, -0.25) is 0 Å². The van der Waals surface area contributed by atoms with Crippen molar-refractivity contribution in [1.29, 1.82) is 0 Å². The summed E-state index contributed by atoms with van der Waals surface area (Å²) in [7, 11) is 2.54. The van der Waals surface area contributed by atoms with Gasteiger partial charge in [0.05, 0.1) is 32.0 Å². The van der Waals surface area contributed by atoms with Gasteiger partial charge < -0.3 is 18.6 Å². The first-order valence-corrected chi connectivity index (χ1v) is 9.62. The van der Waals surface area contributed by atoms with Crippen molar-refractivity contribution in [1.82, 2.24) is 0 Å². The van der Waals surface area contributed by atoms with Crippen molar-refractivity contribution in [2.24, 2.45) is 0 Å². The monoisotopic (exact) mass is 436 g/mol. The number of esters is 3. The predicted octanol–water partition coefficient (Wildman–Crippen LogP) is 3.72. The minimum Gasteiger partial charge on any atom is -0.465 e. The van der Waals surface area contributed by atoms with Gasteiger partial charge in [0.2, 0.25) is 0 Å². The van der Waals surface area contributed by atoms with Crippen molar-refractivity contribution >= 4 is 17.9 Å². The number of benzene rings is 2. The summed E-state index contributed by atoms with van der Waals surface area (Å²) in [6.07, 6.45) is 0. The fourth-order valence-electron chi connectivity index (χ4n) is 3.11. The second-order valence-electron chi connectivity index (χ2n) is 6.54. The molecule has 0 N–H and O–H groups in total. The van der Waals surface area contributed by atoms with Crippen LogP contribution in [0.25, 0.3) is 22.5 Å². The zero-order valence-electron chi connectivity index (χ0n) is 17.7. The van der Waals surface area contributed by atoms with Crippen molar-refractivity contribution in [2.45, 2.75) is 6.92 Å². The van der Waals surface area contributed by atoms with E-state index in [-0.39, 0.29) is 23.5 Å². The smallest absolute Gasteiger partial charge is 0.342 e. The molecule has 0 fully saturated rings. The number of rotatable bonds is 6. The van der Waals surface area contributed by atoms with Gasteiger partial charge >= 0.3 is 23.5 Å². The van der Waals surface area contributed by atoms with Crippen LogP contribution < -0.4 is 5.63 Å². The van der Waals surface area contributed by atoms with Crippen molar-refractivity contribution in [3.05, 3.63) is 81.7 Å². The first kappa shape index (κ1) is 22.5. The average molecular weight is 436 g/mol. The molecule has 0 saturated carbocycles. The van der Waals surface area contributed by atoms with Gasteiger partial charge in [-0.05, 0) is 36.8 Å². The Bertz CT molecular complexity index is 1120. The lowest BCUT2D eigenvalue weighted by Gasteiger charge is -2.13. The maximum absolute atomic E-state index is 12.9. The first-order chi connectivity index (χ1) is 15.4. The molecule has 0 amide bonds. The topological polar surface area (TPSA) is 109 Å². The molecule has 8 heteroatoms. The van der Waals surface area contributed by atoms with E-state index in [1.54, 1.807) is 19.1 Å². The summed E-state index contributed by atoms with van der Waals surface area (Å²) in [5, 5.41) is 0. The minimum atomic E-state index is -0.685. The van der Waals surface area contributed by atoms with Crippen molar-refractivity contribution in [3.8, 4) is 22.5 Å². The van der Waals surface area contributed by atoms with Crippen LogP contribution in [0, 0.1) is 0 Å². The minimum absolute atomic E-state index is 0.000546. The molecular formula is C24H20O8. The number of hydrogen-bond donors (Lipinski definition) is 0. The molecule has 32 heavy (non-hydrogen) atoms. The molecule has 0 saturated heterocycles. The third-order valence-corrected chi connectivity index (χ3v) is 4.63. The molecule has 0 spiro atoms. The van der Waals surface area contributed by atoms with Gasteiger partial charge in [0.25, 0.3) is 0 Å². The third-order valence-electron chi connectivity index (χ3n) is 4.63. The fourth-order valence-corrected chi connectivity index (χ4v) is 3.11. The Labute approximate surface area is 183 Å². The van der Waals surface area contributed by atoms with E-state index in [0.29, 0.717) is 22.3 Å². The van der Waals surface area contributed by atoms with E-state index in [1.165, 1.54) is 56.7 Å². The van der Waals surface area contributed by atoms with E-state index in [4.69, 9.17) is 13.9 Å². The number of ether oxygens (including phenoxy) is 3. The Morgan fingerprint density at radius 1 is 0.781 bits per heavy atom. The Balaban J connectivity index is 2.19. The Hall–Kier alpha value is -4.20. The Kier molecular flexibility index (Phi) is 6.84. The van der Waals surface area contributed by atoms with Gasteiger partial charge in [-0.2, -0.15) is 0 Å². The quantitative estimate of drug-likeness (QED) is 0.425. The van der Waals surface area contributed by atoms with Gasteiger partial charge in [0.15, 0.2) is 5.76 Å². The third kappa shape index (κ3) is 4.59. The maximum Gasteiger partial charge on any atom is 0.342 e. The molecule has 0 aliphatic heterocycles. The van der Waals surface area contributed by atoms with Crippen molar-refractivity contribution in [3.63, 3.8) is 0 Å². The van der Waals surface area contributed by atoms with E-state index < -0.39 is 23.5 Å². The lowest BCUT2D eigenvalue weighted by molar-refractivity contribution is 0.0523. The molecule has 0 atom stereocenters. The molecule has 0 radical (unpaired) electrons. The molecule has 0 aliphatic carbocycles. The molecule has 0 bridgehead atoms. The van der Waals surface area contributed by atoms with E-state index in [2.05, 4.69) is 4.74 Å². The van der Waals surface area contributed by atoms with Crippen LogP contribution in [0.3, 0.4) is 0 Å². The second-order valence-corrected chi connectivity index (χ2v) is 6.54. The summed E-state index contributed by atoms with van der Waals surface area (Å²) in [5.41, 5.74) is 1.15. The normalized spacial score (nSPS) is 10.3. The van der Waals surface area contributed by atoms with Crippen LogP contribution >= 0.6 is 0 Å². The lowest BCUT2D eigenvalue weighted by Crippen LogP contribution is -2.13. The van der Waals surface area contributed by atoms with Crippen molar-refractivity contribution in [2.75, 3.05) is 20.8 Å². The van der Waals surface area contributed by atoms with Crippen LogP contribution in [-0.2, 0) is 14.2 Å². The van der Waals surface area contributed by atoms with E-state index in [1.807, 2.05) is 0 Å². The van der Waals surface area contributed by atoms with E-state index in [9.17, 15) is 19.2 Å². The predicted molar refractivity (Wildman–Crippen MR) is 114 cm³/mol. The van der Waals surface area contributed by atoms with Crippen LogP contribution in [-0.4, -0.2) is 38.7 Å². The van der Waals surface area contributed by atoms with Crippen LogP contribution in [0.15, 0.2) is 63.8 Å². The van der Waals surface area contributed by atoms with Crippen molar-refractivity contribution < 1.29 is 33.0 Å². The summed E-state index contributed by atoms with van der Waals surface area (Å²) in [6.45, 7) is 1.77. The molecule has 1 aromatic heterocycles. The number of methoxy groups -OCH3 is 2. The molecule has 3 rings (SSSR count). The van der Waals surface area contributed by atoms with E-state index in [0.717, 1.165) is 0 Å². The highest BCUT2D eigenvalue weighted by atomic mass is 16.5. The summed E-state index contributed by atoms with van der Waals surface area (Å²) in [6, 6.07) is 13.5. The molecule has 3 aromatic rings. The zero-order chi connectivity index (χ0) is 23.3. The molecular weight excluding hydrogens is 416 g/mol. The molecule has 2 aromatic carbocycles. The SMILES string of the molecule is CCOC(=O)c1c(-c2ccc(C(=O)OC)cc2)cc(=O)oc1-c1ccc(C(=O)OC)cc1. The molecule has 0 aliphatic rings. The van der Waals surface area contributed by atoms with Crippen LogP contribution in [0.5, 0.6) is 0 Å². The van der Waals surface area contributed by atoms with Gasteiger partial charge in [0, 0.05) is 17.2 Å². The van der Waals surface area contributed by atoms with Gasteiger partial charge in [-0.25, -0.2) is 19.2 Å². The fraction of sp³-hybridized carbons (Fsp3) is 0.167. The number of hydrogen-bond acceptors (Lipinski definition) is 8.